The summed E-state index contributed by atoms with van der Waals surface area (Å²) in [5.41, 5.74) is 2.08. The highest BCUT2D eigenvalue weighted by Crippen LogP contribution is 2.33. The standard InChI is InChI=1S/C22H27N3O2/c1-16(2)11-21(26)25-14-19(18-8-4-3-5-9-18)20(15-25)22(27)24-13-17-7-6-10-23-12-17/h3-10,12,16,19-20H,11,13-15H2,1-2H3,(H,24,27)/t19-,20-/m0/s1. The molecule has 1 aromatic heterocycles. The highest BCUT2D eigenvalue weighted by atomic mass is 16.2. The van der Waals surface area contributed by atoms with Gasteiger partial charge in [0.2, 0.25) is 11.8 Å². The number of benzene rings is 1. The number of likely N-dealkylation sites (tertiary alicyclic amines) is 1. The Morgan fingerprint density at radius 1 is 1.15 bits per heavy atom. The van der Waals surface area contributed by atoms with E-state index >= 15 is 0 Å². The molecule has 5 heteroatoms. The van der Waals surface area contributed by atoms with E-state index < -0.39 is 0 Å². The molecule has 3 rings (SSSR count). The van der Waals surface area contributed by atoms with E-state index in [0.29, 0.717) is 32.0 Å². The lowest BCUT2D eigenvalue weighted by Gasteiger charge is -2.18. The highest BCUT2D eigenvalue weighted by Gasteiger charge is 2.40. The second kappa shape index (κ2) is 8.80. The molecule has 0 saturated carbocycles. The molecule has 1 saturated heterocycles. The van der Waals surface area contributed by atoms with Gasteiger partial charge in [0, 0.05) is 44.4 Å². The van der Waals surface area contributed by atoms with E-state index in [4.69, 9.17) is 0 Å². The third-order valence-electron chi connectivity index (χ3n) is 5.01. The predicted octanol–water partition coefficient (Wildman–Crippen LogP) is 2.99. The number of carbonyl (C=O) groups is 2. The summed E-state index contributed by atoms with van der Waals surface area (Å²) < 4.78 is 0. The van der Waals surface area contributed by atoms with Crippen LogP contribution < -0.4 is 5.32 Å². The molecule has 1 aliphatic heterocycles. The summed E-state index contributed by atoms with van der Waals surface area (Å²) in [4.78, 5) is 31.4. The summed E-state index contributed by atoms with van der Waals surface area (Å²) in [6, 6.07) is 13.8. The molecule has 2 aromatic rings. The van der Waals surface area contributed by atoms with Gasteiger partial charge in [0.15, 0.2) is 0 Å². The van der Waals surface area contributed by atoms with Gasteiger partial charge in [-0.15, -0.1) is 0 Å². The lowest BCUT2D eigenvalue weighted by atomic mass is 9.88. The van der Waals surface area contributed by atoms with Crippen LogP contribution >= 0.6 is 0 Å². The summed E-state index contributed by atoms with van der Waals surface area (Å²) in [5, 5.41) is 3.02. The van der Waals surface area contributed by atoms with Crippen molar-refractivity contribution in [1.82, 2.24) is 15.2 Å². The van der Waals surface area contributed by atoms with Gasteiger partial charge in [-0.3, -0.25) is 14.6 Å². The molecule has 0 spiro atoms. The molecule has 0 bridgehead atoms. The second-order valence-corrected chi connectivity index (χ2v) is 7.60. The molecule has 1 fully saturated rings. The topological polar surface area (TPSA) is 62.3 Å². The average Bonchev–Trinajstić information content (AvgIpc) is 3.13. The quantitative estimate of drug-likeness (QED) is 0.856. The van der Waals surface area contributed by atoms with Crippen molar-refractivity contribution in [2.45, 2.75) is 32.7 Å². The van der Waals surface area contributed by atoms with Crippen molar-refractivity contribution in [1.29, 1.82) is 0 Å². The van der Waals surface area contributed by atoms with E-state index in [2.05, 4.69) is 10.3 Å². The maximum Gasteiger partial charge on any atom is 0.225 e. The van der Waals surface area contributed by atoms with Crippen LogP contribution in [0, 0.1) is 11.8 Å². The molecular formula is C22H27N3O2. The zero-order valence-corrected chi connectivity index (χ0v) is 16.0. The van der Waals surface area contributed by atoms with E-state index in [1.165, 1.54) is 0 Å². The lowest BCUT2D eigenvalue weighted by molar-refractivity contribution is -0.131. The molecule has 2 amide bonds. The summed E-state index contributed by atoms with van der Waals surface area (Å²) in [6.45, 7) is 5.61. The van der Waals surface area contributed by atoms with E-state index in [-0.39, 0.29) is 23.7 Å². The van der Waals surface area contributed by atoms with Crippen molar-refractivity contribution >= 4 is 11.8 Å². The van der Waals surface area contributed by atoms with Crippen LogP contribution in [0.4, 0.5) is 0 Å². The Morgan fingerprint density at radius 2 is 1.93 bits per heavy atom. The molecule has 0 aliphatic carbocycles. The normalized spacial score (nSPS) is 19.3. The zero-order chi connectivity index (χ0) is 19.2. The van der Waals surface area contributed by atoms with Crippen molar-refractivity contribution in [3.8, 4) is 0 Å². The van der Waals surface area contributed by atoms with E-state index in [1.54, 1.807) is 12.4 Å². The summed E-state index contributed by atoms with van der Waals surface area (Å²) in [5.74, 6) is 0.226. The highest BCUT2D eigenvalue weighted by molar-refractivity contribution is 5.83. The van der Waals surface area contributed by atoms with Crippen LogP contribution in [0.5, 0.6) is 0 Å². The lowest BCUT2D eigenvalue weighted by Crippen LogP contribution is -2.35. The van der Waals surface area contributed by atoms with Gasteiger partial charge < -0.3 is 10.2 Å². The number of nitrogens with one attached hydrogen (secondary N) is 1. The molecule has 1 aromatic carbocycles. The number of aromatic nitrogens is 1. The van der Waals surface area contributed by atoms with Crippen LogP contribution in [0.2, 0.25) is 0 Å². The minimum atomic E-state index is -0.236. The molecule has 1 N–H and O–H groups in total. The Morgan fingerprint density at radius 3 is 2.59 bits per heavy atom. The Balaban J connectivity index is 1.72. The van der Waals surface area contributed by atoms with Crippen molar-refractivity contribution in [2.75, 3.05) is 13.1 Å². The van der Waals surface area contributed by atoms with E-state index in [0.717, 1.165) is 11.1 Å². The number of hydrogen-bond acceptors (Lipinski definition) is 3. The molecule has 5 nitrogen and oxygen atoms in total. The number of hydrogen-bond donors (Lipinski definition) is 1. The molecule has 2 heterocycles. The first-order valence-electron chi connectivity index (χ1n) is 9.54. The van der Waals surface area contributed by atoms with Crippen LogP contribution in [0.25, 0.3) is 0 Å². The molecule has 2 atom stereocenters. The smallest absolute Gasteiger partial charge is 0.225 e. The Hall–Kier alpha value is -2.69. The third kappa shape index (κ3) is 4.94. The minimum absolute atomic E-state index is 0.00690. The monoisotopic (exact) mass is 365 g/mol. The largest absolute Gasteiger partial charge is 0.352 e. The minimum Gasteiger partial charge on any atom is -0.352 e. The fourth-order valence-corrected chi connectivity index (χ4v) is 3.61. The first kappa shape index (κ1) is 19.1. The second-order valence-electron chi connectivity index (χ2n) is 7.60. The number of carbonyl (C=O) groups excluding carboxylic acids is 2. The number of rotatable bonds is 6. The summed E-state index contributed by atoms with van der Waals surface area (Å²) in [7, 11) is 0. The van der Waals surface area contributed by atoms with Crippen LogP contribution in [0.15, 0.2) is 54.9 Å². The van der Waals surface area contributed by atoms with Gasteiger partial charge in [-0.1, -0.05) is 50.2 Å². The Labute approximate surface area is 160 Å². The van der Waals surface area contributed by atoms with Gasteiger partial charge in [-0.25, -0.2) is 0 Å². The predicted molar refractivity (Wildman–Crippen MR) is 105 cm³/mol. The maximum atomic E-state index is 12.9. The average molecular weight is 365 g/mol. The Bertz CT molecular complexity index is 762. The van der Waals surface area contributed by atoms with Gasteiger partial charge in [0.25, 0.3) is 0 Å². The fraction of sp³-hybridized carbons (Fsp3) is 0.409. The summed E-state index contributed by atoms with van der Waals surface area (Å²) >= 11 is 0. The Kier molecular flexibility index (Phi) is 6.22. The molecule has 1 aliphatic rings. The maximum absolute atomic E-state index is 12.9. The van der Waals surface area contributed by atoms with Crippen LogP contribution in [-0.4, -0.2) is 34.8 Å². The molecule has 0 radical (unpaired) electrons. The van der Waals surface area contributed by atoms with Gasteiger partial charge >= 0.3 is 0 Å². The molecule has 142 valence electrons. The van der Waals surface area contributed by atoms with Gasteiger partial charge in [-0.05, 0) is 23.1 Å². The number of pyridine rings is 1. The van der Waals surface area contributed by atoms with Crippen LogP contribution in [-0.2, 0) is 16.1 Å². The third-order valence-corrected chi connectivity index (χ3v) is 5.01. The van der Waals surface area contributed by atoms with E-state index in [1.807, 2.05) is 61.2 Å². The zero-order valence-electron chi connectivity index (χ0n) is 16.0. The van der Waals surface area contributed by atoms with Crippen molar-refractivity contribution in [2.24, 2.45) is 11.8 Å². The van der Waals surface area contributed by atoms with Crippen LogP contribution in [0.3, 0.4) is 0 Å². The fourth-order valence-electron chi connectivity index (χ4n) is 3.61. The number of amides is 2. The van der Waals surface area contributed by atoms with E-state index in [9.17, 15) is 9.59 Å². The van der Waals surface area contributed by atoms with Gasteiger partial charge in [-0.2, -0.15) is 0 Å². The van der Waals surface area contributed by atoms with Crippen molar-refractivity contribution in [3.05, 3.63) is 66.0 Å². The van der Waals surface area contributed by atoms with Crippen molar-refractivity contribution < 1.29 is 9.59 Å². The number of nitrogens with zero attached hydrogens (tertiary/aromatic N) is 2. The first-order chi connectivity index (χ1) is 13.0. The van der Waals surface area contributed by atoms with Crippen LogP contribution in [0.1, 0.15) is 37.3 Å². The van der Waals surface area contributed by atoms with Gasteiger partial charge in [0.05, 0.1) is 5.92 Å². The molecule has 27 heavy (non-hydrogen) atoms. The van der Waals surface area contributed by atoms with Crippen molar-refractivity contribution in [3.63, 3.8) is 0 Å². The first-order valence-corrected chi connectivity index (χ1v) is 9.54. The molecular weight excluding hydrogens is 338 g/mol. The van der Waals surface area contributed by atoms with Gasteiger partial charge in [0.1, 0.15) is 0 Å². The molecule has 0 unspecified atom stereocenters. The SMILES string of the molecule is CC(C)CC(=O)N1C[C@H](C(=O)NCc2cccnc2)[C@H](c2ccccc2)C1. The summed E-state index contributed by atoms with van der Waals surface area (Å²) in [6.07, 6.45) is 3.99.